The normalized spacial score (nSPS) is 11.1. The van der Waals surface area contributed by atoms with E-state index in [1.54, 1.807) is 0 Å². The zero-order valence-corrected chi connectivity index (χ0v) is 10.2. The van der Waals surface area contributed by atoms with Crippen LogP contribution >= 0.6 is 0 Å². The summed E-state index contributed by atoms with van der Waals surface area (Å²) in [4.78, 5) is 22.9. The van der Waals surface area contributed by atoms with Crippen molar-refractivity contribution >= 4 is 11.8 Å². The van der Waals surface area contributed by atoms with E-state index in [4.69, 9.17) is 5.73 Å². The van der Waals surface area contributed by atoms with Gasteiger partial charge in [0, 0.05) is 6.54 Å². The molecule has 0 bridgehead atoms. The Morgan fingerprint density at radius 2 is 2.06 bits per heavy atom. The first-order valence-electron chi connectivity index (χ1n) is 5.31. The summed E-state index contributed by atoms with van der Waals surface area (Å²) in [6, 6.07) is 3.65. The van der Waals surface area contributed by atoms with Crippen molar-refractivity contribution in [3.8, 4) is 0 Å². The lowest BCUT2D eigenvalue weighted by Crippen LogP contribution is -2.39. The topological polar surface area (TPSA) is 92.4 Å². The van der Waals surface area contributed by atoms with E-state index in [0.717, 1.165) is 6.07 Å². The fourth-order valence-electron chi connectivity index (χ4n) is 1.36. The Kier molecular flexibility index (Phi) is 4.03. The van der Waals surface area contributed by atoms with E-state index >= 15 is 0 Å². The van der Waals surface area contributed by atoms with Crippen LogP contribution in [0, 0.1) is 5.82 Å². The van der Waals surface area contributed by atoms with E-state index in [1.165, 1.54) is 26.0 Å². The minimum Gasteiger partial charge on any atom is -0.389 e. The average molecular weight is 254 g/mol. The molecule has 0 unspecified atom stereocenters. The number of nitrogens with one attached hydrogen (secondary N) is 1. The van der Waals surface area contributed by atoms with Crippen LogP contribution in [0.5, 0.6) is 0 Å². The third kappa shape index (κ3) is 3.53. The summed E-state index contributed by atoms with van der Waals surface area (Å²) in [6.07, 6.45) is 0. The maximum atomic E-state index is 13.4. The largest absolute Gasteiger partial charge is 0.389 e. The Balaban J connectivity index is 3.00. The van der Waals surface area contributed by atoms with Gasteiger partial charge >= 0.3 is 0 Å². The van der Waals surface area contributed by atoms with Crippen molar-refractivity contribution in [2.45, 2.75) is 19.4 Å². The minimum atomic E-state index is -1.10. The number of halogens is 1. The minimum absolute atomic E-state index is 0.0272. The molecule has 0 saturated heterocycles. The molecule has 5 nitrogen and oxygen atoms in total. The van der Waals surface area contributed by atoms with Crippen LogP contribution in [0.25, 0.3) is 0 Å². The van der Waals surface area contributed by atoms with Crippen molar-refractivity contribution in [1.29, 1.82) is 0 Å². The number of carbonyl (C=O) groups excluding carboxylic acids is 2. The molecule has 98 valence electrons. The molecule has 6 heteroatoms. The molecular formula is C12H15FN2O3. The number of aliphatic hydroxyl groups is 1. The molecule has 0 saturated carbocycles. The molecule has 0 spiro atoms. The van der Waals surface area contributed by atoms with E-state index in [2.05, 4.69) is 5.32 Å². The molecule has 1 rings (SSSR count). The number of carbonyl (C=O) groups is 2. The Morgan fingerprint density at radius 1 is 1.44 bits per heavy atom. The van der Waals surface area contributed by atoms with Crippen LogP contribution in [0.4, 0.5) is 4.39 Å². The first-order chi connectivity index (χ1) is 8.22. The average Bonchev–Trinajstić information content (AvgIpc) is 2.24. The summed E-state index contributed by atoms with van der Waals surface area (Å²) in [5.41, 5.74) is 3.33. The van der Waals surface area contributed by atoms with Crippen molar-refractivity contribution < 1.29 is 19.1 Å². The van der Waals surface area contributed by atoms with E-state index in [9.17, 15) is 19.1 Å². The van der Waals surface area contributed by atoms with Crippen LogP contribution in [0.2, 0.25) is 0 Å². The Hall–Kier alpha value is -1.95. The van der Waals surface area contributed by atoms with Gasteiger partial charge in [0.05, 0.1) is 16.7 Å². The van der Waals surface area contributed by atoms with Gasteiger partial charge < -0.3 is 16.2 Å². The lowest BCUT2D eigenvalue weighted by Gasteiger charge is -2.18. The smallest absolute Gasteiger partial charge is 0.252 e. The predicted molar refractivity (Wildman–Crippen MR) is 63.5 cm³/mol. The first kappa shape index (κ1) is 14.1. The highest BCUT2D eigenvalue weighted by Crippen LogP contribution is 2.13. The molecule has 0 heterocycles. The van der Waals surface area contributed by atoms with Gasteiger partial charge in [0.1, 0.15) is 5.82 Å². The van der Waals surface area contributed by atoms with Gasteiger partial charge in [-0.25, -0.2) is 4.39 Å². The standard InChI is InChI=1S/C12H15FN2O3/c1-12(2,18)6-15-11(17)7-4-3-5-8(13)9(7)10(14)16/h3-5,18H,6H2,1-2H3,(H2,14,16)(H,15,17). The van der Waals surface area contributed by atoms with Gasteiger partial charge in [-0.15, -0.1) is 0 Å². The summed E-state index contributed by atoms with van der Waals surface area (Å²) in [7, 11) is 0. The molecule has 0 aliphatic heterocycles. The van der Waals surface area contributed by atoms with Crippen LogP contribution < -0.4 is 11.1 Å². The molecule has 0 radical (unpaired) electrons. The van der Waals surface area contributed by atoms with E-state index in [1.807, 2.05) is 0 Å². The Bertz CT molecular complexity index is 481. The predicted octanol–water partition coefficient (Wildman–Crippen LogP) is 0.425. The van der Waals surface area contributed by atoms with E-state index in [0.29, 0.717) is 0 Å². The van der Waals surface area contributed by atoms with Gasteiger partial charge in [-0.05, 0) is 26.0 Å². The van der Waals surface area contributed by atoms with Gasteiger partial charge in [-0.2, -0.15) is 0 Å². The maximum absolute atomic E-state index is 13.4. The van der Waals surface area contributed by atoms with Crippen molar-refractivity contribution in [3.05, 3.63) is 35.1 Å². The molecule has 4 N–H and O–H groups in total. The summed E-state index contributed by atoms with van der Waals surface area (Å²) in [5, 5.41) is 11.9. The fourth-order valence-corrected chi connectivity index (χ4v) is 1.36. The Morgan fingerprint density at radius 3 is 2.56 bits per heavy atom. The van der Waals surface area contributed by atoms with Crippen LogP contribution in [0.3, 0.4) is 0 Å². The zero-order chi connectivity index (χ0) is 13.9. The SMILES string of the molecule is CC(C)(O)CNC(=O)c1cccc(F)c1C(N)=O. The quantitative estimate of drug-likeness (QED) is 0.727. The van der Waals surface area contributed by atoms with Gasteiger partial charge in [0.2, 0.25) is 0 Å². The summed E-state index contributed by atoms with van der Waals surface area (Å²) in [5.74, 6) is -2.52. The number of amides is 2. The summed E-state index contributed by atoms with van der Waals surface area (Å²) < 4.78 is 13.4. The van der Waals surface area contributed by atoms with Crippen molar-refractivity contribution in [2.24, 2.45) is 5.73 Å². The third-order valence-electron chi connectivity index (χ3n) is 2.19. The number of nitrogens with two attached hydrogens (primary N) is 1. The van der Waals surface area contributed by atoms with Crippen LogP contribution in [0.15, 0.2) is 18.2 Å². The maximum Gasteiger partial charge on any atom is 0.252 e. The third-order valence-corrected chi connectivity index (χ3v) is 2.19. The molecule has 1 aromatic rings. The van der Waals surface area contributed by atoms with E-state index < -0.39 is 28.8 Å². The molecule has 1 aromatic carbocycles. The van der Waals surface area contributed by atoms with Gasteiger partial charge in [0.25, 0.3) is 11.8 Å². The summed E-state index contributed by atoms with van der Waals surface area (Å²) in [6.45, 7) is 2.99. The highest BCUT2D eigenvalue weighted by molar-refractivity contribution is 6.06. The molecule has 0 fully saturated rings. The highest BCUT2D eigenvalue weighted by atomic mass is 19.1. The first-order valence-corrected chi connectivity index (χ1v) is 5.31. The molecule has 2 amide bonds. The van der Waals surface area contributed by atoms with Crippen LogP contribution in [-0.2, 0) is 0 Å². The van der Waals surface area contributed by atoms with Gasteiger partial charge in [-0.1, -0.05) is 6.07 Å². The molecule has 0 atom stereocenters. The molecule has 0 aliphatic carbocycles. The van der Waals surface area contributed by atoms with Gasteiger partial charge in [0.15, 0.2) is 0 Å². The van der Waals surface area contributed by atoms with Crippen LogP contribution in [0.1, 0.15) is 34.6 Å². The lowest BCUT2D eigenvalue weighted by atomic mass is 10.0. The molecule has 18 heavy (non-hydrogen) atoms. The monoisotopic (exact) mass is 254 g/mol. The second-order valence-electron chi connectivity index (χ2n) is 4.52. The zero-order valence-electron chi connectivity index (χ0n) is 10.2. The fraction of sp³-hybridized carbons (Fsp3) is 0.333. The van der Waals surface area contributed by atoms with E-state index in [-0.39, 0.29) is 12.1 Å². The second kappa shape index (κ2) is 5.14. The number of hydrogen-bond acceptors (Lipinski definition) is 3. The second-order valence-corrected chi connectivity index (χ2v) is 4.52. The number of rotatable bonds is 4. The van der Waals surface area contributed by atoms with Crippen LogP contribution in [-0.4, -0.2) is 29.1 Å². The van der Waals surface area contributed by atoms with Crippen molar-refractivity contribution in [3.63, 3.8) is 0 Å². The molecule has 0 aromatic heterocycles. The lowest BCUT2D eigenvalue weighted by molar-refractivity contribution is 0.0693. The highest BCUT2D eigenvalue weighted by Gasteiger charge is 2.21. The van der Waals surface area contributed by atoms with Gasteiger partial charge in [-0.3, -0.25) is 9.59 Å². The molecule has 0 aliphatic rings. The molecular weight excluding hydrogens is 239 g/mol. The number of primary amides is 1. The summed E-state index contributed by atoms with van der Waals surface area (Å²) >= 11 is 0. The number of benzene rings is 1. The van der Waals surface area contributed by atoms with Crippen molar-refractivity contribution in [2.75, 3.05) is 6.54 Å². The number of hydrogen-bond donors (Lipinski definition) is 3. The van der Waals surface area contributed by atoms with Crippen molar-refractivity contribution in [1.82, 2.24) is 5.32 Å². The Labute approximate surface area is 104 Å².